The molecule has 4 heteroatoms. The van der Waals surface area contributed by atoms with E-state index in [1.807, 2.05) is 35.7 Å². The van der Waals surface area contributed by atoms with Crippen molar-refractivity contribution in [2.45, 2.75) is 25.8 Å². The maximum atomic E-state index is 9.38. The minimum atomic E-state index is -0.293. The average molecular weight is 219 g/mol. The van der Waals surface area contributed by atoms with Crippen molar-refractivity contribution in [2.24, 2.45) is 0 Å². The number of hydrogen-bond acceptors (Lipinski definition) is 3. The summed E-state index contributed by atoms with van der Waals surface area (Å²) in [7, 11) is 0. The van der Waals surface area contributed by atoms with Crippen LogP contribution in [0.4, 0.5) is 5.82 Å². The van der Waals surface area contributed by atoms with E-state index in [2.05, 4.69) is 17.2 Å². The Morgan fingerprint density at radius 1 is 1.50 bits per heavy atom. The summed E-state index contributed by atoms with van der Waals surface area (Å²) in [5.41, 5.74) is 0.611. The first-order valence-electron chi connectivity index (χ1n) is 5.50. The predicted octanol–water partition coefficient (Wildman–Crippen LogP) is 1.91. The topological polar surface area (TPSA) is 49.6 Å². The number of pyridine rings is 1. The molecule has 0 aliphatic carbocycles. The van der Waals surface area contributed by atoms with Gasteiger partial charge in [0.05, 0.1) is 12.1 Å². The van der Waals surface area contributed by atoms with Crippen LogP contribution in [0.1, 0.15) is 20.3 Å². The van der Waals surface area contributed by atoms with Crippen LogP contribution in [0.25, 0.3) is 5.65 Å². The second-order valence-electron chi connectivity index (χ2n) is 4.26. The first-order valence-corrected chi connectivity index (χ1v) is 5.50. The summed E-state index contributed by atoms with van der Waals surface area (Å²) >= 11 is 0. The van der Waals surface area contributed by atoms with Crippen LogP contribution < -0.4 is 5.32 Å². The van der Waals surface area contributed by atoms with Gasteiger partial charge in [0.15, 0.2) is 0 Å². The van der Waals surface area contributed by atoms with Gasteiger partial charge in [0.1, 0.15) is 11.5 Å². The standard InChI is InChI=1S/C12H17N3O/c1-3-12(2,9-16)14-11-6-4-5-10-13-7-8-15(10)11/h4-8,14,16H,3,9H2,1-2H3. The molecule has 0 spiro atoms. The molecule has 2 N–H and O–H groups in total. The smallest absolute Gasteiger partial charge is 0.138 e. The SMILES string of the molecule is CCC(C)(CO)Nc1cccc2nccn12. The van der Waals surface area contributed by atoms with Crippen LogP contribution in [0.15, 0.2) is 30.6 Å². The molecule has 0 saturated carbocycles. The number of anilines is 1. The number of hydrogen-bond donors (Lipinski definition) is 2. The van der Waals surface area contributed by atoms with Crippen molar-refractivity contribution in [2.75, 3.05) is 11.9 Å². The zero-order chi connectivity index (χ0) is 11.6. The third kappa shape index (κ3) is 1.88. The minimum absolute atomic E-state index is 0.106. The van der Waals surface area contributed by atoms with Gasteiger partial charge in [-0.2, -0.15) is 0 Å². The van der Waals surface area contributed by atoms with Gasteiger partial charge >= 0.3 is 0 Å². The van der Waals surface area contributed by atoms with Gasteiger partial charge in [-0.3, -0.25) is 4.40 Å². The van der Waals surface area contributed by atoms with Crippen LogP contribution in [0, 0.1) is 0 Å². The summed E-state index contributed by atoms with van der Waals surface area (Å²) in [5.74, 6) is 0.952. The third-order valence-electron chi connectivity index (χ3n) is 2.99. The predicted molar refractivity (Wildman–Crippen MR) is 64.6 cm³/mol. The van der Waals surface area contributed by atoms with E-state index in [9.17, 15) is 5.11 Å². The van der Waals surface area contributed by atoms with Crippen LogP contribution >= 0.6 is 0 Å². The second kappa shape index (κ2) is 4.14. The fourth-order valence-corrected chi connectivity index (χ4v) is 1.60. The Morgan fingerprint density at radius 3 is 3.00 bits per heavy atom. The van der Waals surface area contributed by atoms with E-state index >= 15 is 0 Å². The minimum Gasteiger partial charge on any atom is -0.394 e. The summed E-state index contributed by atoms with van der Waals surface area (Å²) < 4.78 is 1.98. The van der Waals surface area contributed by atoms with Crippen molar-refractivity contribution in [3.8, 4) is 0 Å². The lowest BCUT2D eigenvalue weighted by Crippen LogP contribution is -2.38. The molecule has 4 nitrogen and oxygen atoms in total. The number of aromatic nitrogens is 2. The monoisotopic (exact) mass is 219 g/mol. The molecule has 2 heterocycles. The molecule has 0 aliphatic heterocycles. The third-order valence-corrected chi connectivity index (χ3v) is 2.99. The number of imidazole rings is 1. The molecule has 0 saturated heterocycles. The van der Waals surface area contributed by atoms with Crippen LogP contribution in [0.2, 0.25) is 0 Å². The Labute approximate surface area is 94.9 Å². The number of nitrogens with one attached hydrogen (secondary N) is 1. The molecule has 0 aromatic carbocycles. The molecule has 1 atom stereocenters. The van der Waals surface area contributed by atoms with Gasteiger partial charge in [0.25, 0.3) is 0 Å². The van der Waals surface area contributed by atoms with Crippen molar-refractivity contribution < 1.29 is 5.11 Å². The van der Waals surface area contributed by atoms with E-state index in [0.717, 1.165) is 17.9 Å². The Balaban J connectivity index is 2.37. The molecule has 2 aromatic rings. The van der Waals surface area contributed by atoms with Gasteiger partial charge in [-0.25, -0.2) is 4.98 Å². The first-order chi connectivity index (χ1) is 7.68. The molecule has 1 unspecified atom stereocenters. The lowest BCUT2D eigenvalue weighted by molar-refractivity contribution is 0.218. The van der Waals surface area contributed by atoms with Crippen molar-refractivity contribution in [3.63, 3.8) is 0 Å². The van der Waals surface area contributed by atoms with Gasteiger partial charge in [0.2, 0.25) is 0 Å². The molecule has 2 rings (SSSR count). The summed E-state index contributed by atoms with van der Waals surface area (Å²) in [5, 5.41) is 12.7. The lowest BCUT2D eigenvalue weighted by Gasteiger charge is -2.28. The van der Waals surface area contributed by atoms with Crippen LogP contribution in [-0.4, -0.2) is 26.6 Å². The normalized spacial score (nSPS) is 14.9. The second-order valence-corrected chi connectivity index (χ2v) is 4.26. The summed E-state index contributed by atoms with van der Waals surface area (Å²) in [6.07, 6.45) is 4.53. The average Bonchev–Trinajstić information content (AvgIpc) is 2.78. The lowest BCUT2D eigenvalue weighted by atomic mass is 10.0. The molecule has 0 radical (unpaired) electrons. The van der Waals surface area contributed by atoms with Crippen LogP contribution in [0.5, 0.6) is 0 Å². The molecule has 2 aromatic heterocycles. The van der Waals surface area contributed by atoms with E-state index in [1.54, 1.807) is 6.20 Å². The number of aliphatic hydroxyl groups excluding tert-OH is 1. The number of rotatable bonds is 4. The van der Waals surface area contributed by atoms with Gasteiger partial charge in [-0.15, -0.1) is 0 Å². The molecule has 86 valence electrons. The maximum Gasteiger partial charge on any atom is 0.138 e. The summed E-state index contributed by atoms with van der Waals surface area (Å²) in [6, 6.07) is 5.89. The highest BCUT2D eigenvalue weighted by molar-refractivity contribution is 5.50. The highest BCUT2D eigenvalue weighted by Gasteiger charge is 2.21. The Kier molecular flexibility index (Phi) is 2.83. The Hall–Kier alpha value is -1.55. The molecule has 16 heavy (non-hydrogen) atoms. The van der Waals surface area contributed by atoms with E-state index in [-0.39, 0.29) is 12.1 Å². The van der Waals surface area contributed by atoms with E-state index in [4.69, 9.17) is 0 Å². The summed E-state index contributed by atoms with van der Waals surface area (Å²) in [4.78, 5) is 4.22. The van der Waals surface area contributed by atoms with Crippen molar-refractivity contribution in [3.05, 3.63) is 30.6 Å². The highest BCUT2D eigenvalue weighted by Crippen LogP contribution is 2.19. The Morgan fingerprint density at radius 2 is 2.31 bits per heavy atom. The number of aliphatic hydroxyl groups is 1. The zero-order valence-corrected chi connectivity index (χ0v) is 9.64. The fraction of sp³-hybridized carbons (Fsp3) is 0.417. The Bertz CT molecular complexity index is 474. The van der Waals surface area contributed by atoms with Gasteiger partial charge in [0, 0.05) is 12.4 Å². The van der Waals surface area contributed by atoms with Gasteiger partial charge in [-0.1, -0.05) is 13.0 Å². The fourth-order valence-electron chi connectivity index (χ4n) is 1.60. The molecule has 0 aliphatic rings. The maximum absolute atomic E-state index is 9.38. The quantitative estimate of drug-likeness (QED) is 0.825. The number of nitrogens with zero attached hydrogens (tertiary/aromatic N) is 2. The molecular formula is C12H17N3O. The van der Waals surface area contributed by atoms with Crippen molar-refractivity contribution in [1.82, 2.24) is 9.38 Å². The van der Waals surface area contributed by atoms with Gasteiger partial charge < -0.3 is 10.4 Å². The van der Waals surface area contributed by atoms with Crippen LogP contribution in [-0.2, 0) is 0 Å². The molecule has 0 fully saturated rings. The van der Waals surface area contributed by atoms with E-state index in [1.165, 1.54) is 0 Å². The summed E-state index contributed by atoms with van der Waals surface area (Å²) in [6.45, 7) is 4.16. The molecular weight excluding hydrogens is 202 g/mol. The molecule has 0 bridgehead atoms. The van der Waals surface area contributed by atoms with Crippen LogP contribution in [0.3, 0.4) is 0 Å². The first kappa shape index (κ1) is 11.0. The zero-order valence-electron chi connectivity index (χ0n) is 9.64. The number of fused-ring (bicyclic) bond motifs is 1. The van der Waals surface area contributed by atoms with Crippen molar-refractivity contribution in [1.29, 1.82) is 0 Å². The highest BCUT2D eigenvalue weighted by atomic mass is 16.3. The van der Waals surface area contributed by atoms with E-state index < -0.39 is 0 Å². The largest absolute Gasteiger partial charge is 0.394 e. The molecule has 0 amide bonds. The van der Waals surface area contributed by atoms with Gasteiger partial charge in [-0.05, 0) is 25.5 Å². The van der Waals surface area contributed by atoms with E-state index in [0.29, 0.717) is 0 Å². The van der Waals surface area contributed by atoms with Crippen molar-refractivity contribution >= 4 is 11.5 Å².